The molecule has 0 amide bonds. The molecular weight excluding hydrogens is 1210 g/mol. The molecule has 87 heavy (non-hydrogen) atoms. The molecule has 14 rings (SSSR count). The number of nitrogens with zero attached hydrogens (tertiary/aromatic N) is 10. The van der Waals surface area contributed by atoms with Gasteiger partial charge in [0.25, 0.3) is 0 Å². The topological polar surface area (TPSA) is 333 Å². The average molecular weight is 1260 g/mol. The summed E-state index contributed by atoms with van der Waals surface area (Å²) in [6.07, 6.45) is 3.68. The van der Waals surface area contributed by atoms with Gasteiger partial charge >= 0.3 is 19.5 Å². The van der Waals surface area contributed by atoms with E-state index in [9.17, 15) is 0 Å². The quantitative estimate of drug-likeness (QED) is 0.211. The smallest absolute Gasteiger partial charge is 0.412 e. The van der Waals surface area contributed by atoms with Crippen LogP contribution in [0.1, 0.15) is 6.92 Å². The number of imidazole rings is 4. The molecule has 8 aromatic carbocycles. The number of hydrogen-bond donors (Lipinski definition) is 1. The van der Waals surface area contributed by atoms with Crippen LogP contribution in [0, 0.1) is 20.5 Å². The molecule has 432 valence electrons. The van der Waals surface area contributed by atoms with Crippen LogP contribution in [0.3, 0.4) is 0 Å². The van der Waals surface area contributed by atoms with Gasteiger partial charge in [0, 0.05) is 52.9 Å². The van der Waals surface area contributed by atoms with Crippen LogP contribution in [0.25, 0.3) is 113 Å². The number of rotatable bonds is 8. The normalized spacial score (nSPS) is 11.0. The summed E-state index contributed by atoms with van der Waals surface area (Å²) in [6.45, 7) is 1.93. The Bertz CT molecular complexity index is 3940. The molecule has 0 aliphatic heterocycles. The van der Waals surface area contributed by atoms with Gasteiger partial charge in [-0.15, -0.1) is 20.5 Å². The molecule has 14 aromatic rings. The third-order valence-electron chi connectivity index (χ3n) is 12.8. The van der Waals surface area contributed by atoms with Crippen molar-refractivity contribution in [3.05, 3.63) is 255 Å². The van der Waals surface area contributed by atoms with Crippen molar-refractivity contribution in [2.45, 2.75) is 6.92 Å². The summed E-state index contributed by atoms with van der Waals surface area (Å²) < 4.78 is 76.7. The second-order valence-electron chi connectivity index (χ2n) is 18.3. The standard InChI is InChI=1S/2C31H21N5.C2H6O.2ClHO4.H2O.Zn/c2*1-3-11-23(12-4-1)35-28-17-9-7-15-25(28)33-30(35)22-19-20-32-27(21-22)31-34-26-16-8-10-18-29(26)36(31)24-13-5-2-6-14-24;1-2-3;2*2-1(3,4)5;;/h2*1-21H;3H,2H2,1H3;2*(H,2,3,4,5);1H2;/q;;;;;;+2/p-2. The Hall–Kier alpha value is -9.26. The van der Waals surface area contributed by atoms with Crippen LogP contribution in [0.2, 0.25) is 0 Å². The van der Waals surface area contributed by atoms with E-state index in [2.05, 4.69) is 115 Å². The van der Waals surface area contributed by atoms with Gasteiger partial charge in [-0.3, -0.25) is 28.2 Å². The Labute approximate surface area is 514 Å². The summed E-state index contributed by atoms with van der Waals surface area (Å²) in [4.78, 5) is 29.5. The molecule has 0 saturated carbocycles. The van der Waals surface area contributed by atoms with Crippen molar-refractivity contribution in [1.82, 2.24) is 48.2 Å². The van der Waals surface area contributed by atoms with Gasteiger partial charge in [0.05, 0.1) is 44.1 Å². The van der Waals surface area contributed by atoms with E-state index in [1.165, 1.54) is 0 Å². The van der Waals surface area contributed by atoms with Crippen molar-refractivity contribution < 1.29 is 87.8 Å². The van der Waals surface area contributed by atoms with E-state index in [-0.39, 0.29) is 31.6 Å². The first-order valence-electron chi connectivity index (χ1n) is 26.0. The van der Waals surface area contributed by atoms with Gasteiger partial charge in [-0.25, -0.2) is 57.2 Å². The first-order chi connectivity index (χ1) is 41.1. The molecule has 0 bridgehead atoms. The first-order valence-corrected chi connectivity index (χ1v) is 28.5. The summed E-state index contributed by atoms with van der Waals surface area (Å²) >= 11 is 0. The average Bonchev–Trinajstić information content (AvgIpc) is 1.77. The monoisotopic (exact) mass is 1250 g/mol. The number of halogens is 2. The van der Waals surface area contributed by atoms with E-state index in [1.54, 1.807) is 6.92 Å². The van der Waals surface area contributed by atoms with E-state index in [0.717, 1.165) is 113 Å². The van der Waals surface area contributed by atoms with Crippen LogP contribution in [0.15, 0.2) is 255 Å². The summed E-state index contributed by atoms with van der Waals surface area (Å²) in [7, 11) is -9.89. The van der Waals surface area contributed by atoms with Crippen LogP contribution in [0.4, 0.5) is 0 Å². The molecule has 0 aliphatic carbocycles. The molecular formula is C64H50Cl2N10O10Zn. The van der Waals surface area contributed by atoms with Crippen molar-refractivity contribution in [1.29, 1.82) is 0 Å². The molecule has 0 aliphatic rings. The molecule has 0 spiro atoms. The predicted molar refractivity (Wildman–Crippen MR) is 305 cm³/mol. The fourth-order valence-electron chi connectivity index (χ4n) is 9.57. The third kappa shape index (κ3) is 15.4. The second kappa shape index (κ2) is 28.8. The number of para-hydroxylation sites is 12. The minimum absolute atomic E-state index is 0. The molecule has 3 N–H and O–H groups in total. The number of aliphatic hydroxyl groups excluding tert-OH is 1. The predicted octanol–water partition coefficient (Wildman–Crippen LogP) is 3.85. The molecule has 0 saturated heterocycles. The van der Waals surface area contributed by atoms with Crippen molar-refractivity contribution in [2.75, 3.05) is 6.61 Å². The van der Waals surface area contributed by atoms with Gasteiger partial charge in [0.1, 0.15) is 23.0 Å². The maximum absolute atomic E-state index is 8.49. The van der Waals surface area contributed by atoms with Gasteiger partial charge in [0.2, 0.25) is 0 Å². The fourth-order valence-corrected chi connectivity index (χ4v) is 9.57. The van der Waals surface area contributed by atoms with Crippen LogP contribution in [0.5, 0.6) is 0 Å². The van der Waals surface area contributed by atoms with E-state index in [4.69, 9.17) is 72.3 Å². The number of aliphatic hydroxyl groups is 1. The molecule has 6 heterocycles. The molecule has 23 heteroatoms. The molecule has 0 atom stereocenters. The number of hydrogen-bond acceptors (Lipinski definition) is 15. The minimum atomic E-state index is -4.94. The van der Waals surface area contributed by atoms with Gasteiger partial charge < -0.3 is 10.6 Å². The van der Waals surface area contributed by atoms with E-state index >= 15 is 0 Å². The number of pyridine rings is 2. The molecule has 20 nitrogen and oxygen atoms in total. The Balaban J connectivity index is 0.000000185. The van der Waals surface area contributed by atoms with Gasteiger partial charge in [-0.05, 0) is 128 Å². The zero-order valence-corrected chi connectivity index (χ0v) is 50.6. The van der Waals surface area contributed by atoms with Crippen molar-refractivity contribution >= 4 is 44.1 Å². The van der Waals surface area contributed by atoms with Crippen molar-refractivity contribution in [3.63, 3.8) is 0 Å². The molecule has 6 aromatic heterocycles. The molecule has 0 fully saturated rings. The maximum atomic E-state index is 8.49. The summed E-state index contributed by atoms with van der Waals surface area (Å²) in [5, 5.41) is 7.57. The van der Waals surface area contributed by atoms with E-state index < -0.39 is 20.5 Å². The largest absolute Gasteiger partial charge is 2.00 e. The number of fused-ring (bicyclic) bond motifs is 4. The van der Waals surface area contributed by atoms with Crippen LogP contribution < -0.4 is 37.3 Å². The van der Waals surface area contributed by atoms with Crippen LogP contribution in [-0.2, 0) is 19.5 Å². The zero-order valence-electron chi connectivity index (χ0n) is 46.1. The van der Waals surface area contributed by atoms with Gasteiger partial charge in [-0.2, -0.15) is 0 Å². The third-order valence-corrected chi connectivity index (χ3v) is 12.8. The Morgan fingerprint density at radius 2 is 0.540 bits per heavy atom. The fraction of sp³-hybridized carbons (Fsp3) is 0.0312. The number of benzene rings is 8. The summed E-state index contributed by atoms with van der Waals surface area (Å²) in [6, 6.07) is 82.3. The summed E-state index contributed by atoms with van der Waals surface area (Å²) in [5.74, 6) is 3.33. The van der Waals surface area contributed by atoms with Crippen LogP contribution in [-0.4, -0.2) is 65.4 Å². The second-order valence-corrected chi connectivity index (χ2v) is 19.8. The zero-order chi connectivity index (χ0) is 59.5. The summed E-state index contributed by atoms with van der Waals surface area (Å²) in [5.41, 5.74) is 15.7. The van der Waals surface area contributed by atoms with Gasteiger partial charge in [0.15, 0.2) is 11.6 Å². The minimum Gasteiger partial charge on any atom is -0.412 e. The Kier molecular flexibility index (Phi) is 21.1. The van der Waals surface area contributed by atoms with Crippen molar-refractivity contribution in [2.24, 2.45) is 0 Å². The number of aromatic nitrogens is 10. The Morgan fingerprint density at radius 3 is 0.793 bits per heavy atom. The van der Waals surface area contributed by atoms with E-state index in [0.29, 0.717) is 0 Å². The van der Waals surface area contributed by atoms with Gasteiger partial charge in [-0.1, -0.05) is 121 Å². The maximum Gasteiger partial charge on any atom is 2.00 e. The van der Waals surface area contributed by atoms with Crippen molar-refractivity contribution in [3.8, 4) is 68.6 Å². The first kappa shape index (κ1) is 63.8. The molecule has 0 unspecified atom stereocenters. The van der Waals surface area contributed by atoms with E-state index in [1.807, 2.05) is 158 Å². The Morgan fingerprint density at radius 1 is 0.333 bits per heavy atom. The van der Waals surface area contributed by atoms with Crippen LogP contribution >= 0.6 is 0 Å². The SMILES string of the molecule is CCO.O.[O-][Cl+3]([O-])([O-])[O-].[O-][Cl+3]([O-])([O-])[O-].[Zn+2].c1ccc(-n2c(-c3ccnc(-c4nc5ccccc5n4-c4ccccc4)c3)nc3ccccc32)cc1.c1ccc(-n2c(-c3ccnc(-c4nc5ccccc5n4-c4ccccc4)c3)nc3ccccc32)cc1. The molecule has 0 radical (unpaired) electrons.